The van der Waals surface area contributed by atoms with E-state index in [0.29, 0.717) is 0 Å². The average Bonchev–Trinajstić information content (AvgIpc) is 3.30. The molecule has 25 heavy (non-hydrogen) atoms. The van der Waals surface area contributed by atoms with Crippen molar-refractivity contribution in [2.24, 2.45) is 0 Å². The number of nitrogens with one attached hydrogen (secondary N) is 1. The van der Waals surface area contributed by atoms with Gasteiger partial charge >= 0.3 is 0 Å². The molecule has 0 aliphatic heterocycles. The summed E-state index contributed by atoms with van der Waals surface area (Å²) < 4.78 is 0. The molecular weight excluding hydrogens is 346 g/mol. The highest BCUT2D eigenvalue weighted by atomic mass is 32.1. The number of rotatable bonds is 6. The first kappa shape index (κ1) is 16.2. The Labute approximate surface area is 155 Å². The van der Waals surface area contributed by atoms with Crippen LogP contribution in [0.4, 0.5) is 5.82 Å². The highest BCUT2D eigenvalue weighted by Gasteiger charge is 2.12. The van der Waals surface area contributed by atoms with E-state index < -0.39 is 0 Å². The Morgan fingerprint density at radius 3 is 2.64 bits per heavy atom. The van der Waals surface area contributed by atoms with Crippen molar-refractivity contribution >= 4 is 38.7 Å². The van der Waals surface area contributed by atoms with Crippen LogP contribution < -0.4 is 5.32 Å². The number of fused-ring (bicyclic) bond motifs is 1. The van der Waals surface area contributed by atoms with Gasteiger partial charge in [0, 0.05) is 16.2 Å². The number of hydrogen-bond donors (Lipinski definition) is 1. The lowest BCUT2D eigenvalue weighted by Gasteiger charge is -2.08. The monoisotopic (exact) mass is 365 g/mol. The van der Waals surface area contributed by atoms with Crippen LogP contribution in [-0.4, -0.2) is 9.97 Å². The van der Waals surface area contributed by atoms with E-state index in [2.05, 4.69) is 60.1 Å². The molecule has 0 saturated heterocycles. The van der Waals surface area contributed by atoms with E-state index in [1.807, 2.05) is 6.07 Å². The standard InChI is InChI=1S/C20H19N3S2/c1-2-15-12-17-19(21-13-16-9-6-10-24-16)22-18(23-20(17)25-15)11-14-7-4-3-5-8-14/h3-10,12H,2,11,13H2,1H3,(H,21,22,23). The Balaban J connectivity index is 1.68. The number of nitrogens with zero attached hydrogens (tertiary/aromatic N) is 2. The molecule has 3 heterocycles. The Morgan fingerprint density at radius 1 is 1.00 bits per heavy atom. The smallest absolute Gasteiger partial charge is 0.138 e. The first-order valence-electron chi connectivity index (χ1n) is 8.41. The highest BCUT2D eigenvalue weighted by Crippen LogP contribution is 2.30. The summed E-state index contributed by atoms with van der Waals surface area (Å²) in [7, 11) is 0. The molecule has 0 aliphatic carbocycles. The number of hydrogen-bond acceptors (Lipinski definition) is 5. The Kier molecular flexibility index (Phi) is 4.76. The number of aryl methyl sites for hydroxylation is 1. The zero-order valence-electron chi connectivity index (χ0n) is 14.0. The molecular formula is C20H19N3S2. The molecule has 0 spiro atoms. The van der Waals surface area contributed by atoms with Gasteiger partial charge in [0.1, 0.15) is 16.5 Å². The number of benzene rings is 1. The largest absolute Gasteiger partial charge is 0.365 e. The van der Waals surface area contributed by atoms with Crippen molar-refractivity contribution in [3.63, 3.8) is 0 Å². The normalized spacial score (nSPS) is 11.1. The zero-order chi connectivity index (χ0) is 17.1. The van der Waals surface area contributed by atoms with E-state index in [1.54, 1.807) is 22.7 Å². The van der Waals surface area contributed by atoms with Crippen LogP contribution in [0.25, 0.3) is 10.2 Å². The van der Waals surface area contributed by atoms with Crippen molar-refractivity contribution in [3.8, 4) is 0 Å². The molecule has 0 saturated carbocycles. The predicted molar refractivity (Wildman–Crippen MR) is 108 cm³/mol. The SMILES string of the molecule is CCc1cc2c(NCc3cccs3)nc(Cc3ccccc3)nc2s1. The lowest BCUT2D eigenvalue weighted by Crippen LogP contribution is -2.04. The van der Waals surface area contributed by atoms with E-state index in [-0.39, 0.29) is 0 Å². The second-order valence-corrected chi connectivity index (χ2v) is 8.02. The van der Waals surface area contributed by atoms with Crippen LogP contribution in [0.1, 0.15) is 28.1 Å². The molecule has 4 rings (SSSR count). The second-order valence-electron chi connectivity index (χ2n) is 5.87. The van der Waals surface area contributed by atoms with Gasteiger partial charge in [-0.1, -0.05) is 43.3 Å². The summed E-state index contributed by atoms with van der Waals surface area (Å²) in [5.74, 6) is 1.82. The molecule has 126 valence electrons. The summed E-state index contributed by atoms with van der Waals surface area (Å²) in [5, 5.41) is 6.76. The third kappa shape index (κ3) is 3.72. The van der Waals surface area contributed by atoms with Crippen molar-refractivity contribution in [2.45, 2.75) is 26.3 Å². The molecule has 0 radical (unpaired) electrons. The van der Waals surface area contributed by atoms with Crippen molar-refractivity contribution < 1.29 is 0 Å². The lowest BCUT2D eigenvalue weighted by molar-refractivity contribution is 0.987. The van der Waals surface area contributed by atoms with Gasteiger partial charge in [0.2, 0.25) is 0 Å². The van der Waals surface area contributed by atoms with Crippen LogP contribution in [0.3, 0.4) is 0 Å². The van der Waals surface area contributed by atoms with Crippen LogP contribution in [0, 0.1) is 0 Å². The molecule has 5 heteroatoms. The van der Waals surface area contributed by atoms with E-state index in [4.69, 9.17) is 9.97 Å². The lowest BCUT2D eigenvalue weighted by atomic mass is 10.1. The summed E-state index contributed by atoms with van der Waals surface area (Å²) in [6.07, 6.45) is 1.78. The second kappa shape index (κ2) is 7.33. The van der Waals surface area contributed by atoms with Gasteiger partial charge in [-0.2, -0.15) is 0 Å². The Hall–Kier alpha value is -2.24. The van der Waals surface area contributed by atoms with Gasteiger partial charge in [-0.05, 0) is 29.5 Å². The van der Waals surface area contributed by atoms with Crippen molar-refractivity contribution in [1.29, 1.82) is 0 Å². The highest BCUT2D eigenvalue weighted by molar-refractivity contribution is 7.18. The molecule has 0 aliphatic rings. The summed E-state index contributed by atoms with van der Waals surface area (Å²) in [6, 6.07) is 16.9. The Bertz CT molecular complexity index is 959. The molecule has 0 bridgehead atoms. The predicted octanol–water partition coefficient (Wildman–Crippen LogP) is 5.52. The summed E-state index contributed by atoms with van der Waals surface area (Å²) in [4.78, 5) is 13.4. The fourth-order valence-corrected chi connectivity index (χ4v) is 4.40. The van der Waals surface area contributed by atoms with E-state index in [9.17, 15) is 0 Å². The summed E-state index contributed by atoms with van der Waals surface area (Å²) >= 11 is 3.53. The van der Waals surface area contributed by atoms with Crippen molar-refractivity contribution in [2.75, 3.05) is 5.32 Å². The van der Waals surface area contributed by atoms with Gasteiger partial charge in [0.05, 0.1) is 11.9 Å². The number of aromatic nitrogens is 2. The average molecular weight is 366 g/mol. The quantitative estimate of drug-likeness (QED) is 0.489. The topological polar surface area (TPSA) is 37.8 Å². The Morgan fingerprint density at radius 2 is 1.88 bits per heavy atom. The fraction of sp³-hybridized carbons (Fsp3) is 0.200. The van der Waals surface area contributed by atoms with E-state index >= 15 is 0 Å². The molecule has 0 atom stereocenters. The van der Waals surface area contributed by atoms with E-state index in [0.717, 1.165) is 41.2 Å². The zero-order valence-corrected chi connectivity index (χ0v) is 15.7. The van der Waals surface area contributed by atoms with Gasteiger partial charge in [-0.3, -0.25) is 0 Å². The number of thiophene rings is 2. The molecule has 3 aromatic heterocycles. The minimum Gasteiger partial charge on any atom is -0.365 e. The van der Waals surface area contributed by atoms with Gasteiger partial charge in [-0.25, -0.2) is 9.97 Å². The molecule has 0 fully saturated rings. The van der Waals surface area contributed by atoms with Crippen LogP contribution in [0.15, 0.2) is 53.9 Å². The van der Waals surface area contributed by atoms with Crippen molar-refractivity contribution in [3.05, 3.63) is 75.1 Å². The molecule has 0 amide bonds. The summed E-state index contributed by atoms with van der Waals surface area (Å²) in [5.41, 5.74) is 1.23. The maximum Gasteiger partial charge on any atom is 0.138 e. The minimum absolute atomic E-state index is 0.754. The molecule has 1 N–H and O–H groups in total. The maximum absolute atomic E-state index is 4.83. The van der Waals surface area contributed by atoms with Gasteiger partial charge in [0.15, 0.2) is 0 Å². The van der Waals surface area contributed by atoms with Crippen LogP contribution in [-0.2, 0) is 19.4 Å². The first-order valence-corrected chi connectivity index (χ1v) is 10.1. The molecule has 1 aromatic carbocycles. The third-order valence-corrected chi connectivity index (χ3v) is 6.10. The van der Waals surface area contributed by atoms with Crippen molar-refractivity contribution in [1.82, 2.24) is 9.97 Å². The van der Waals surface area contributed by atoms with Crippen LogP contribution in [0.5, 0.6) is 0 Å². The first-order chi connectivity index (χ1) is 12.3. The minimum atomic E-state index is 0.754. The van der Waals surface area contributed by atoms with Gasteiger partial charge in [-0.15, -0.1) is 22.7 Å². The van der Waals surface area contributed by atoms with Gasteiger partial charge in [0.25, 0.3) is 0 Å². The fourth-order valence-electron chi connectivity index (χ4n) is 2.77. The molecule has 0 unspecified atom stereocenters. The van der Waals surface area contributed by atoms with Crippen LogP contribution in [0.2, 0.25) is 0 Å². The maximum atomic E-state index is 4.83. The molecule has 4 aromatic rings. The third-order valence-electron chi connectivity index (χ3n) is 4.05. The molecule has 3 nitrogen and oxygen atoms in total. The van der Waals surface area contributed by atoms with Crippen LogP contribution >= 0.6 is 22.7 Å². The summed E-state index contributed by atoms with van der Waals surface area (Å²) in [6.45, 7) is 2.98. The van der Waals surface area contributed by atoms with Gasteiger partial charge < -0.3 is 5.32 Å². The number of anilines is 1. The van der Waals surface area contributed by atoms with E-state index in [1.165, 1.54) is 15.3 Å².